The van der Waals surface area contributed by atoms with Crippen molar-refractivity contribution in [3.05, 3.63) is 42.6 Å². The molecule has 0 spiro atoms. The van der Waals surface area contributed by atoms with Crippen LogP contribution in [-0.2, 0) is 0 Å². The Labute approximate surface area is 86.0 Å². The zero-order chi connectivity index (χ0) is 10.7. The first-order valence-electron chi connectivity index (χ1n) is 4.34. The molecule has 4 nitrogen and oxygen atoms in total. The first-order valence-corrected chi connectivity index (χ1v) is 4.34. The van der Waals surface area contributed by atoms with Gasteiger partial charge < -0.3 is 11.1 Å². The number of nitrogen functional groups attached to an aromatic ring is 1. The highest BCUT2D eigenvalue weighted by atomic mass is 19.1. The second kappa shape index (κ2) is 3.91. The van der Waals surface area contributed by atoms with E-state index < -0.39 is 5.82 Å². The van der Waals surface area contributed by atoms with Gasteiger partial charge in [0.25, 0.3) is 0 Å². The Morgan fingerprint density at radius 1 is 1.27 bits per heavy atom. The number of anilines is 3. The number of hydrogen-bond donors (Lipinski definition) is 2. The Bertz CT molecular complexity index is 429. The van der Waals surface area contributed by atoms with E-state index in [0.717, 1.165) is 0 Å². The lowest BCUT2D eigenvalue weighted by molar-refractivity contribution is 0.626. The molecule has 2 rings (SSSR count). The minimum Gasteiger partial charge on any atom is -0.396 e. The van der Waals surface area contributed by atoms with Crippen molar-refractivity contribution in [2.75, 3.05) is 11.1 Å². The fourth-order valence-electron chi connectivity index (χ4n) is 1.13. The van der Waals surface area contributed by atoms with Gasteiger partial charge in [0.05, 0.1) is 17.6 Å². The van der Waals surface area contributed by atoms with Gasteiger partial charge in [0, 0.05) is 12.4 Å². The molecule has 0 aliphatic heterocycles. The first-order chi connectivity index (χ1) is 7.27. The van der Waals surface area contributed by atoms with E-state index in [1.165, 1.54) is 24.5 Å². The summed E-state index contributed by atoms with van der Waals surface area (Å²) in [5.74, 6) is -0.274. The molecule has 0 aliphatic rings. The summed E-state index contributed by atoms with van der Waals surface area (Å²) < 4.78 is 13.2. The standard InChI is InChI=1S/C10H9FN4/c11-7-2-1-4-14-10(7)15-9-3-5-13-6-8(9)12/h1-6H,12H2,(H,13,14,15). The van der Waals surface area contributed by atoms with E-state index >= 15 is 0 Å². The molecule has 0 aromatic carbocycles. The summed E-state index contributed by atoms with van der Waals surface area (Å²) in [6.07, 6.45) is 4.56. The van der Waals surface area contributed by atoms with Gasteiger partial charge in [-0.3, -0.25) is 4.98 Å². The van der Waals surface area contributed by atoms with E-state index in [9.17, 15) is 4.39 Å². The molecule has 0 bridgehead atoms. The molecule has 2 heterocycles. The fraction of sp³-hybridized carbons (Fsp3) is 0. The van der Waals surface area contributed by atoms with Crippen LogP contribution >= 0.6 is 0 Å². The van der Waals surface area contributed by atoms with Crippen molar-refractivity contribution >= 4 is 17.2 Å². The van der Waals surface area contributed by atoms with Gasteiger partial charge in [0.2, 0.25) is 0 Å². The second-order valence-corrected chi connectivity index (χ2v) is 2.92. The maximum Gasteiger partial charge on any atom is 0.166 e. The van der Waals surface area contributed by atoms with Crippen molar-refractivity contribution in [2.24, 2.45) is 0 Å². The van der Waals surface area contributed by atoms with E-state index in [1.807, 2.05) is 0 Å². The van der Waals surface area contributed by atoms with Crippen molar-refractivity contribution in [1.29, 1.82) is 0 Å². The largest absolute Gasteiger partial charge is 0.396 e. The second-order valence-electron chi connectivity index (χ2n) is 2.92. The first kappa shape index (κ1) is 9.39. The third-order valence-corrected chi connectivity index (χ3v) is 1.86. The van der Waals surface area contributed by atoms with Crippen LogP contribution in [-0.4, -0.2) is 9.97 Å². The summed E-state index contributed by atoms with van der Waals surface area (Å²) in [6.45, 7) is 0. The number of pyridine rings is 2. The highest BCUT2D eigenvalue weighted by molar-refractivity contribution is 5.69. The van der Waals surface area contributed by atoms with Gasteiger partial charge in [-0.05, 0) is 18.2 Å². The maximum absolute atomic E-state index is 13.2. The predicted molar refractivity (Wildman–Crippen MR) is 56.1 cm³/mol. The Kier molecular flexibility index (Phi) is 2.45. The highest BCUT2D eigenvalue weighted by Gasteiger charge is 2.04. The molecule has 2 aromatic heterocycles. The third kappa shape index (κ3) is 2.01. The van der Waals surface area contributed by atoms with E-state index in [0.29, 0.717) is 11.4 Å². The molecule has 3 N–H and O–H groups in total. The van der Waals surface area contributed by atoms with Gasteiger partial charge >= 0.3 is 0 Å². The smallest absolute Gasteiger partial charge is 0.166 e. The van der Waals surface area contributed by atoms with E-state index in [-0.39, 0.29) is 5.82 Å². The van der Waals surface area contributed by atoms with Crippen molar-refractivity contribution in [3.8, 4) is 0 Å². The zero-order valence-electron chi connectivity index (χ0n) is 7.81. The molecule has 5 heteroatoms. The number of nitrogens with two attached hydrogens (primary N) is 1. The SMILES string of the molecule is Nc1cnccc1Nc1ncccc1F. The van der Waals surface area contributed by atoms with Crippen LogP contribution in [0.3, 0.4) is 0 Å². The van der Waals surface area contributed by atoms with Gasteiger partial charge in [-0.2, -0.15) is 0 Å². The molecule has 76 valence electrons. The van der Waals surface area contributed by atoms with Crippen LogP contribution in [0.25, 0.3) is 0 Å². The Morgan fingerprint density at radius 3 is 2.87 bits per heavy atom. The molecule has 0 unspecified atom stereocenters. The van der Waals surface area contributed by atoms with Gasteiger partial charge in [-0.25, -0.2) is 9.37 Å². The molecule has 15 heavy (non-hydrogen) atoms. The van der Waals surface area contributed by atoms with Crippen LogP contribution in [0.1, 0.15) is 0 Å². The summed E-state index contributed by atoms with van der Waals surface area (Å²) in [5, 5.41) is 2.79. The lowest BCUT2D eigenvalue weighted by Crippen LogP contribution is -2.00. The van der Waals surface area contributed by atoms with E-state index in [1.54, 1.807) is 12.3 Å². The van der Waals surface area contributed by atoms with E-state index in [4.69, 9.17) is 5.73 Å². The number of nitrogens with one attached hydrogen (secondary N) is 1. The number of nitrogens with zero attached hydrogens (tertiary/aromatic N) is 2. The molecule has 0 atom stereocenters. The van der Waals surface area contributed by atoms with Crippen LogP contribution in [0.2, 0.25) is 0 Å². The number of aromatic nitrogens is 2. The predicted octanol–water partition coefficient (Wildman–Crippen LogP) is 1.94. The Balaban J connectivity index is 2.30. The number of rotatable bonds is 2. The van der Waals surface area contributed by atoms with Gasteiger partial charge in [0.1, 0.15) is 0 Å². The van der Waals surface area contributed by atoms with Crippen LogP contribution in [0, 0.1) is 5.82 Å². The lowest BCUT2D eigenvalue weighted by atomic mass is 10.3. The topological polar surface area (TPSA) is 63.8 Å². The molecule has 0 saturated carbocycles. The lowest BCUT2D eigenvalue weighted by Gasteiger charge is -2.07. The summed E-state index contributed by atoms with van der Waals surface area (Å²) in [6, 6.07) is 4.51. The van der Waals surface area contributed by atoms with Crippen molar-refractivity contribution in [3.63, 3.8) is 0 Å². The zero-order valence-corrected chi connectivity index (χ0v) is 7.81. The maximum atomic E-state index is 13.2. The average Bonchev–Trinajstić information content (AvgIpc) is 2.24. The molecule has 2 aromatic rings. The van der Waals surface area contributed by atoms with Crippen LogP contribution in [0.5, 0.6) is 0 Å². The van der Waals surface area contributed by atoms with Crippen molar-refractivity contribution in [2.45, 2.75) is 0 Å². The number of halogens is 1. The summed E-state index contributed by atoms with van der Waals surface area (Å²) in [7, 11) is 0. The monoisotopic (exact) mass is 204 g/mol. The summed E-state index contributed by atoms with van der Waals surface area (Å²) in [4.78, 5) is 7.68. The quantitative estimate of drug-likeness (QED) is 0.784. The third-order valence-electron chi connectivity index (χ3n) is 1.86. The average molecular weight is 204 g/mol. The van der Waals surface area contributed by atoms with Gasteiger partial charge in [-0.15, -0.1) is 0 Å². The molecule has 0 aliphatic carbocycles. The molecule has 0 amide bonds. The Hall–Kier alpha value is -2.17. The number of hydrogen-bond acceptors (Lipinski definition) is 4. The van der Waals surface area contributed by atoms with Crippen LogP contribution in [0.4, 0.5) is 21.6 Å². The fourth-order valence-corrected chi connectivity index (χ4v) is 1.13. The van der Waals surface area contributed by atoms with Crippen LogP contribution < -0.4 is 11.1 Å². The van der Waals surface area contributed by atoms with Crippen molar-refractivity contribution < 1.29 is 4.39 Å². The molecule has 0 saturated heterocycles. The highest BCUT2D eigenvalue weighted by Crippen LogP contribution is 2.21. The Morgan fingerprint density at radius 2 is 2.13 bits per heavy atom. The molecule has 0 fully saturated rings. The molecular formula is C10H9FN4. The molecular weight excluding hydrogens is 195 g/mol. The summed E-state index contributed by atoms with van der Waals surface area (Å²) >= 11 is 0. The van der Waals surface area contributed by atoms with Crippen molar-refractivity contribution in [1.82, 2.24) is 9.97 Å². The van der Waals surface area contributed by atoms with E-state index in [2.05, 4.69) is 15.3 Å². The van der Waals surface area contributed by atoms with Crippen LogP contribution in [0.15, 0.2) is 36.8 Å². The summed E-state index contributed by atoms with van der Waals surface area (Å²) in [5.41, 5.74) is 6.68. The minimum atomic E-state index is -0.422. The van der Waals surface area contributed by atoms with Gasteiger partial charge in [0.15, 0.2) is 11.6 Å². The normalized spacial score (nSPS) is 9.93. The molecule has 0 radical (unpaired) electrons. The van der Waals surface area contributed by atoms with Gasteiger partial charge in [-0.1, -0.05) is 0 Å². The minimum absolute atomic E-state index is 0.149.